The minimum absolute atomic E-state index is 0.0777. The predicted octanol–water partition coefficient (Wildman–Crippen LogP) is 4.21. The summed E-state index contributed by atoms with van der Waals surface area (Å²) >= 11 is 13.5. The molecule has 40 heavy (non-hydrogen) atoms. The van der Waals surface area contributed by atoms with Gasteiger partial charge in [-0.05, 0) is 42.0 Å². The number of benzene rings is 3. The lowest BCUT2D eigenvalue weighted by molar-refractivity contribution is -0.145. The van der Waals surface area contributed by atoms with Crippen molar-refractivity contribution in [1.29, 1.82) is 0 Å². The molecule has 0 bridgehead atoms. The van der Waals surface area contributed by atoms with E-state index in [9.17, 15) is 22.8 Å². The standard InChI is InChI=1S/C27H25Cl2N3O6S2/c1-38-27(35)22(31-25(33)23-15-39-16-32(23)40(36,37)19-6-3-2-4-7-19)14-17-10-12-18(13-11-17)30-26(34)24-20(28)8-5-9-21(24)29/h2-13,22-23H,14-16H2,1H3,(H,30,34)(H,31,33)/t22-,23+/m0/s1. The van der Waals surface area contributed by atoms with E-state index in [0.717, 1.165) is 4.31 Å². The first-order valence-electron chi connectivity index (χ1n) is 12.0. The number of thioether (sulfide) groups is 1. The average Bonchev–Trinajstić information content (AvgIpc) is 3.45. The highest BCUT2D eigenvalue weighted by Gasteiger charge is 2.41. The normalized spacial score (nSPS) is 16.2. The molecule has 3 aromatic rings. The highest BCUT2D eigenvalue weighted by atomic mass is 35.5. The van der Waals surface area contributed by atoms with Crippen LogP contribution in [0, 0.1) is 0 Å². The van der Waals surface area contributed by atoms with E-state index in [0.29, 0.717) is 11.3 Å². The summed E-state index contributed by atoms with van der Waals surface area (Å²) in [4.78, 5) is 38.5. The van der Waals surface area contributed by atoms with Gasteiger partial charge in [-0.15, -0.1) is 11.8 Å². The third-order valence-electron chi connectivity index (χ3n) is 6.14. The number of sulfonamides is 1. The second-order valence-electron chi connectivity index (χ2n) is 8.76. The summed E-state index contributed by atoms with van der Waals surface area (Å²) in [6.07, 6.45) is 0.0777. The molecule has 0 radical (unpaired) electrons. The monoisotopic (exact) mass is 621 g/mol. The Morgan fingerprint density at radius 3 is 2.27 bits per heavy atom. The maximum Gasteiger partial charge on any atom is 0.328 e. The van der Waals surface area contributed by atoms with Crippen molar-refractivity contribution in [1.82, 2.24) is 9.62 Å². The number of anilines is 1. The van der Waals surface area contributed by atoms with Gasteiger partial charge < -0.3 is 15.4 Å². The second-order valence-corrected chi connectivity index (χ2v) is 12.5. The van der Waals surface area contributed by atoms with E-state index in [1.54, 1.807) is 60.7 Å². The molecule has 1 saturated heterocycles. The average molecular weight is 623 g/mol. The van der Waals surface area contributed by atoms with Gasteiger partial charge in [0.15, 0.2) is 0 Å². The summed E-state index contributed by atoms with van der Waals surface area (Å²) in [5, 5.41) is 5.82. The third kappa shape index (κ3) is 6.79. The van der Waals surface area contributed by atoms with Crippen molar-refractivity contribution in [2.75, 3.05) is 24.1 Å². The van der Waals surface area contributed by atoms with Crippen LogP contribution in [0.2, 0.25) is 10.0 Å². The molecule has 3 aromatic carbocycles. The largest absolute Gasteiger partial charge is 0.467 e. The lowest BCUT2D eigenvalue weighted by Crippen LogP contribution is -2.52. The van der Waals surface area contributed by atoms with E-state index >= 15 is 0 Å². The van der Waals surface area contributed by atoms with Crippen molar-refractivity contribution in [3.8, 4) is 0 Å². The van der Waals surface area contributed by atoms with Gasteiger partial charge in [0.05, 0.1) is 33.5 Å². The lowest BCUT2D eigenvalue weighted by atomic mass is 10.0. The summed E-state index contributed by atoms with van der Waals surface area (Å²) in [7, 11) is -2.70. The molecule has 1 fully saturated rings. The Balaban J connectivity index is 1.44. The van der Waals surface area contributed by atoms with Crippen LogP contribution in [0.15, 0.2) is 77.7 Å². The van der Waals surface area contributed by atoms with Crippen LogP contribution >= 0.6 is 35.0 Å². The van der Waals surface area contributed by atoms with Crippen LogP contribution in [-0.4, -0.2) is 61.3 Å². The SMILES string of the molecule is COC(=O)[C@H](Cc1ccc(NC(=O)c2c(Cl)cccc2Cl)cc1)NC(=O)[C@H]1CSCN1S(=O)(=O)c1ccccc1. The van der Waals surface area contributed by atoms with Gasteiger partial charge >= 0.3 is 5.97 Å². The number of hydrogen-bond donors (Lipinski definition) is 2. The van der Waals surface area contributed by atoms with Gasteiger partial charge in [0.1, 0.15) is 12.1 Å². The molecule has 1 aliphatic rings. The van der Waals surface area contributed by atoms with Crippen molar-refractivity contribution in [3.05, 3.63) is 94.0 Å². The van der Waals surface area contributed by atoms with E-state index in [1.165, 1.54) is 31.0 Å². The molecule has 210 valence electrons. The number of methoxy groups -OCH3 is 1. The van der Waals surface area contributed by atoms with Gasteiger partial charge in [-0.25, -0.2) is 13.2 Å². The number of nitrogens with one attached hydrogen (secondary N) is 2. The smallest absolute Gasteiger partial charge is 0.328 e. The molecule has 1 aliphatic heterocycles. The van der Waals surface area contributed by atoms with Crippen molar-refractivity contribution in [2.45, 2.75) is 23.4 Å². The molecule has 0 aliphatic carbocycles. The number of ether oxygens (including phenoxy) is 1. The maximum atomic E-state index is 13.2. The molecule has 13 heteroatoms. The number of carbonyl (C=O) groups is 3. The zero-order valence-corrected chi connectivity index (χ0v) is 24.3. The Hall–Kier alpha value is -3.09. The summed E-state index contributed by atoms with van der Waals surface area (Å²) in [5.74, 6) is -1.39. The van der Waals surface area contributed by atoms with Crippen LogP contribution in [0.25, 0.3) is 0 Å². The number of hydrogen-bond acceptors (Lipinski definition) is 7. The zero-order chi connectivity index (χ0) is 28.9. The molecule has 0 aromatic heterocycles. The first-order valence-corrected chi connectivity index (χ1v) is 15.3. The molecular formula is C27H25Cl2N3O6S2. The van der Waals surface area contributed by atoms with Gasteiger partial charge in [0.2, 0.25) is 15.9 Å². The molecule has 1 heterocycles. The first-order chi connectivity index (χ1) is 19.1. The van der Waals surface area contributed by atoms with Crippen molar-refractivity contribution < 1.29 is 27.5 Å². The van der Waals surface area contributed by atoms with Crippen LogP contribution in [0.1, 0.15) is 15.9 Å². The van der Waals surface area contributed by atoms with E-state index in [4.69, 9.17) is 27.9 Å². The van der Waals surface area contributed by atoms with Crippen molar-refractivity contribution >= 4 is 68.5 Å². The molecule has 0 spiro atoms. The molecule has 0 saturated carbocycles. The quantitative estimate of drug-likeness (QED) is 0.343. The summed E-state index contributed by atoms with van der Waals surface area (Å²) in [6, 6.07) is 17.2. The lowest BCUT2D eigenvalue weighted by Gasteiger charge is -2.25. The maximum absolute atomic E-state index is 13.2. The number of halogens is 2. The molecule has 0 unspecified atom stereocenters. The highest BCUT2D eigenvalue weighted by molar-refractivity contribution is 8.00. The van der Waals surface area contributed by atoms with Crippen LogP contribution < -0.4 is 10.6 Å². The minimum atomic E-state index is -3.91. The van der Waals surface area contributed by atoms with Gasteiger partial charge in [-0.1, -0.05) is 59.6 Å². The first kappa shape index (κ1) is 29.9. The Labute approximate surface area is 246 Å². The molecule has 2 N–H and O–H groups in total. The molecule has 4 rings (SSSR count). The van der Waals surface area contributed by atoms with Gasteiger partial charge in [-0.3, -0.25) is 9.59 Å². The van der Waals surface area contributed by atoms with Crippen molar-refractivity contribution in [3.63, 3.8) is 0 Å². The van der Waals surface area contributed by atoms with E-state index in [2.05, 4.69) is 10.6 Å². The fourth-order valence-corrected chi connectivity index (χ4v) is 7.81. The van der Waals surface area contributed by atoms with Crippen LogP contribution in [0.3, 0.4) is 0 Å². The zero-order valence-electron chi connectivity index (χ0n) is 21.2. The number of carbonyl (C=O) groups excluding carboxylic acids is 3. The number of rotatable bonds is 9. The topological polar surface area (TPSA) is 122 Å². The fourth-order valence-electron chi connectivity index (χ4n) is 4.07. The van der Waals surface area contributed by atoms with Crippen LogP contribution in [-0.2, 0) is 30.8 Å². The molecule has 2 amide bonds. The second kappa shape index (κ2) is 13.0. The summed E-state index contributed by atoms with van der Waals surface area (Å²) < 4.78 is 32.3. The molecular weight excluding hydrogens is 597 g/mol. The highest BCUT2D eigenvalue weighted by Crippen LogP contribution is 2.29. The van der Waals surface area contributed by atoms with Gasteiger partial charge in [-0.2, -0.15) is 4.31 Å². The van der Waals surface area contributed by atoms with E-state index < -0.39 is 39.9 Å². The predicted molar refractivity (Wildman–Crippen MR) is 155 cm³/mol. The van der Waals surface area contributed by atoms with E-state index in [-0.39, 0.29) is 38.6 Å². The number of nitrogens with zero attached hydrogens (tertiary/aromatic N) is 1. The van der Waals surface area contributed by atoms with Gasteiger partial charge in [0, 0.05) is 17.9 Å². The Bertz CT molecular complexity index is 1480. The van der Waals surface area contributed by atoms with Crippen LogP contribution in [0.4, 0.5) is 5.69 Å². The Morgan fingerprint density at radius 1 is 1.00 bits per heavy atom. The number of amides is 2. The Kier molecular flexibility index (Phi) is 9.75. The fraction of sp³-hybridized carbons (Fsp3) is 0.222. The summed E-state index contributed by atoms with van der Waals surface area (Å²) in [6.45, 7) is 0. The van der Waals surface area contributed by atoms with Crippen LogP contribution in [0.5, 0.6) is 0 Å². The van der Waals surface area contributed by atoms with E-state index in [1.807, 2.05) is 0 Å². The van der Waals surface area contributed by atoms with Crippen molar-refractivity contribution in [2.24, 2.45) is 0 Å². The molecule has 9 nitrogen and oxygen atoms in total. The minimum Gasteiger partial charge on any atom is -0.467 e. The molecule has 2 atom stereocenters. The number of esters is 1. The van der Waals surface area contributed by atoms with Gasteiger partial charge in [0.25, 0.3) is 5.91 Å². The third-order valence-corrected chi connectivity index (χ3v) is 9.81. The summed E-state index contributed by atoms with van der Waals surface area (Å²) in [5.41, 5.74) is 1.28. The Morgan fingerprint density at radius 2 is 1.65 bits per heavy atom.